The van der Waals surface area contributed by atoms with Crippen LogP contribution in [-0.2, 0) is 16.1 Å². The predicted octanol–water partition coefficient (Wildman–Crippen LogP) is 2.94. The molecule has 0 aromatic heterocycles. The summed E-state index contributed by atoms with van der Waals surface area (Å²) in [5.41, 5.74) is 2.07. The molecule has 1 amide bonds. The minimum atomic E-state index is -0.931. The van der Waals surface area contributed by atoms with E-state index in [-0.39, 0.29) is 25.0 Å². The summed E-state index contributed by atoms with van der Waals surface area (Å²) in [7, 11) is 0. The summed E-state index contributed by atoms with van der Waals surface area (Å²) in [5.74, 6) is -1.58. The normalized spacial score (nSPS) is 17.7. The number of nitrogens with zero attached hydrogens (tertiary/aromatic N) is 1. The first-order valence-electron chi connectivity index (χ1n) is 10.0. The second-order valence-corrected chi connectivity index (χ2v) is 7.35. The summed E-state index contributed by atoms with van der Waals surface area (Å²) in [5, 5.41) is 21.4. The molecule has 150 valence electrons. The lowest BCUT2D eigenvalue weighted by Gasteiger charge is -2.25. The molecule has 0 saturated carbocycles. The molecule has 2 rings (SSSR count). The summed E-state index contributed by atoms with van der Waals surface area (Å²) in [6.45, 7) is 3.60. The Bertz CT molecular complexity index is 603. The van der Waals surface area contributed by atoms with E-state index in [1.807, 2.05) is 24.3 Å². The van der Waals surface area contributed by atoms with E-state index in [1.54, 1.807) is 0 Å². The fourth-order valence-corrected chi connectivity index (χ4v) is 3.68. The lowest BCUT2D eigenvalue weighted by atomic mass is 9.97. The van der Waals surface area contributed by atoms with Crippen molar-refractivity contribution in [3.8, 4) is 0 Å². The van der Waals surface area contributed by atoms with Gasteiger partial charge in [-0.25, -0.2) is 0 Å². The van der Waals surface area contributed by atoms with Gasteiger partial charge in [0, 0.05) is 24.7 Å². The third-order valence-electron chi connectivity index (χ3n) is 5.27. The number of benzene rings is 1. The van der Waals surface area contributed by atoms with Gasteiger partial charge < -0.3 is 20.4 Å². The Balaban J connectivity index is 1.88. The summed E-state index contributed by atoms with van der Waals surface area (Å²) in [6, 6.07) is 8.18. The summed E-state index contributed by atoms with van der Waals surface area (Å²) < 4.78 is 0. The lowest BCUT2D eigenvalue weighted by molar-refractivity contribution is -0.141. The van der Waals surface area contributed by atoms with Crippen molar-refractivity contribution >= 4 is 17.6 Å². The zero-order valence-corrected chi connectivity index (χ0v) is 16.2. The van der Waals surface area contributed by atoms with Crippen LogP contribution in [0.1, 0.15) is 57.4 Å². The standard InChI is InChI=1S/C21H32N2O4/c1-2-3-4-6-17(13-20(25)26)21(27)22-14-16-8-10-18(11-9-16)23-12-5-7-19(23)15-24/h8-11,17,19,24H,2-7,12-15H2,1H3,(H,22,27)(H,25,26). The van der Waals surface area contributed by atoms with Crippen LogP contribution in [0, 0.1) is 5.92 Å². The Morgan fingerprint density at radius 1 is 1.26 bits per heavy atom. The van der Waals surface area contributed by atoms with Crippen LogP contribution in [0.15, 0.2) is 24.3 Å². The first-order valence-corrected chi connectivity index (χ1v) is 10.0. The second-order valence-electron chi connectivity index (χ2n) is 7.35. The molecule has 3 N–H and O–H groups in total. The molecule has 6 heteroatoms. The van der Waals surface area contributed by atoms with Crippen LogP contribution >= 0.6 is 0 Å². The molecule has 1 fully saturated rings. The molecule has 1 heterocycles. The maximum Gasteiger partial charge on any atom is 0.304 e. The second kappa shape index (κ2) is 10.9. The van der Waals surface area contributed by atoms with Gasteiger partial charge in [-0.15, -0.1) is 0 Å². The number of aliphatic hydroxyl groups is 1. The van der Waals surface area contributed by atoms with E-state index in [9.17, 15) is 14.7 Å². The van der Waals surface area contributed by atoms with Crippen LogP contribution < -0.4 is 10.2 Å². The molecule has 0 spiro atoms. The van der Waals surface area contributed by atoms with Gasteiger partial charge in [-0.3, -0.25) is 9.59 Å². The topological polar surface area (TPSA) is 89.9 Å². The average molecular weight is 376 g/mol. The monoisotopic (exact) mass is 376 g/mol. The number of hydrogen-bond acceptors (Lipinski definition) is 4. The smallest absolute Gasteiger partial charge is 0.304 e. The Morgan fingerprint density at radius 3 is 2.63 bits per heavy atom. The SMILES string of the molecule is CCCCCC(CC(=O)O)C(=O)NCc1ccc(N2CCCC2CO)cc1. The first-order chi connectivity index (χ1) is 13.0. The third kappa shape index (κ3) is 6.54. The van der Waals surface area contributed by atoms with E-state index in [0.29, 0.717) is 13.0 Å². The largest absolute Gasteiger partial charge is 0.481 e. The van der Waals surface area contributed by atoms with E-state index < -0.39 is 11.9 Å². The van der Waals surface area contributed by atoms with Crippen LogP contribution in [-0.4, -0.2) is 41.3 Å². The van der Waals surface area contributed by atoms with Gasteiger partial charge in [-0.2, -0.15) is 0 Å². The van der Waals surface area contributed by atoms with Crippen molar-refractivity contribution in [2.75, 3.05) is 18.1 Å². The number of carboxylic acid groups (broad SMARTS) is 1. The van der Waals surface area contributed by atoms with Gasteiger partial charge in [0.2, 0.25) is 5.91 Å². The van der Waals surface area contributed by atoms with E-state index in [1.165, 1.54) is 0 Å². The number of carbonyl (C=O) groups excluding carboxylic acids is 1. The van der Waals surface area contributed by atoms with Crippen molar-refractivity contribution in [3.05, 3.63) is 29.8 Å². The molecule has 6 nitrogen and oxygen atoms in total. The lowest BCUT2D eigenvalue weighted by Crippen LogP contribution is -2.32. The van der Waals surface area contributed by atoms with Gasteiger partial charge >= 0.3 is 5.97 Å². The highest BCUT2D eigenvalue weighted by Crippen LogP contribution is 2.25. The fourth-order valence-electron chi connectivity index (χ4n) is 3.68. The van der Waals surface area contributed by atoms with Crippen LogP contribution in [0.3, 0.4) is 0 Å². The average Bonchev–Trinajstić information content (AvgIpc) is 3.14. The van der Waals surface area contributed by atoms with Crippen molar-refractivity contribution in [2.45, 2.75) is 64.5 Å². The number of anilines is 1. The van der Waals surface area contributed by atoms with Gasteiger partial charge in [0.25, 0.3) is 0 Å². The first kappa shape index (κ1) is 21.2. The third-order valence-corrected chi connectivity index (χ3v) is 5.27. The van der Waals surface area contributed by atoms with Crippen LogP contribution in [0.5, 0.6) is 0 Å². The molecular formula is C21H32N2O4. The van der Waals surface area contributed by atoms with Gasteiger partial charge in [0.05, 0.1) is 19.1 Å². The molecule has 0 aliphatic carbocycles. The van der Waals surface area contributed by atoms with Gasteiger partial charge in [0.1, 0.15) is 0 Å². The van der Waals surface area contributed by atoms with Crippen LogP contribution in [0.2, 0.25) is 0 Å². The van der Waals surface area contributed by atoms with Crippen molar-refractivity contribution in [1.82, 2.24) is 5.32 Å². The highest BCUT2D eigenvalue weighted by atomic mass is 16.4. The van der Waals surface area contributed by atoms with Crippen molar-refractivity contribution in [2.24, 2.45) is 5.92 Å². The van der Waals surface area contributed by atoms with E-state index >= 15 is 0 Å². The molecule has 2 atom stereocenters. The predicted molar refractivity (Wildman–Crippen MR) is 106 cm³/mol. The zero-order valence-electron chi connectivity index (χ0n) is 16.2. The summed E-state index contributed by atoms with van der Waals surface area (Å²) >= 11 is 0. The molecule has 1 saturated heterocycles. The number of nitrogens with one attached hydrogen (secondary N) is 1. The number of aliphatic carboxylic acids is 1. The number of carboxylic acids is 1. The Morgan fingerprint density at radius 2 is 2.00 bits per heavy atom. The van der Waals surface area contributed by atoms with Crippen molar-refractivity contribution in [3.63, 3.8) is 0 Å². The number of aliphatic hydroxyl groups excluding tert-OH is 1. The highest BCUT2D eigenvalue weighted by Gasteiger charge is 2.24. The van der Waals surface area contributed by atoms with Gasteiger partial charge in [0.15, 0.2) is 0 Å². The Labute approximate surface area is 161 Å². The Hall–Kier alpha value is -2.08. The van der Waals surface area contributed by atoms with Crippen molar-refractivity contribution in [1.29, 1.82) is 0 Å². The number of carbonyl (C=O) groups is 2. The summed E-state index contributed by atoms with van der Waals surface area (Å²) in [4.78, 5) is 25.6. The highest BCUT2D eigenvalue weighted by molar-refractivity contribution is 5.83. The van der Waals surface area contributed by atoms with E-state index in [4.69, 9.17) is 5.11 Å². The number of unbranched alkanes of at least 4 members (excludes halogenated alkanes) is 2. The number of rotatable bonds is 11. The van der Waals surface area contributed by atoms with E-state index in [0.717, 1.165) is 49.9 Å². The van der Waals surface area contributed by atoms with Gasteiger partial charge in [-0.1, -0.05) is 38.3 Å². The molecule has 1 aliphatic rings. The number of hydrogen-bond donors (Lipinski definition) is 3. The molecule has 1 aromatic carbocycles. The fraction of sp³-hybridized carbons (Fsp3) is 0.619. The van der Waals surface area contributed by atoms with Gasteiger partial charge in [-0.05, 0) is 37.0 Å². The minimum absolute atomic E-state index is 0.119. The molecule has 27 heavy (non-hydrogen) atoms. The van der Waals surface area contributed by atoms with Crippen LogP contribution in [0.25, 0.3) is 0 Å². The molecule has 0 radical (unpaired) electrons. The molecule has 2 unspecified atom stereocenters. The summed E-state index contributed by atoms with van der Waals surface area (Å²) in [6.07, 6.45) is 5.52. The van der Waals surface area contributed by atoms with Crippen molar-refractivity contribution < 1.29 is 19.8 Å². The number of amides is 1. The van der Waals surface area contributed by atoms with E-state index in [2.05, 4.69) is 17.1 Å². The van der Waals surface area contributed by atoms with Crippen LogP contribution in [0.4, 0.5) is 5.69 Å². The Kier molecular flexibility index (Phi) is 8.58. The quantitative estimate of drug-likeness (QED) is 0.517. The molecule has 1 aromatic rings. The zero-order chi connectivity index (χ0) is 19.6. The maximum atomic E-state index is 12.4. The minimum Gasteiger partial charge on any atom is -0.481 e. The maximum absolute atomic E-state index is 12.4. The molecular weight excluding hydrogens is 344 g/mol. The molecule has 0 bridgehead atoms. The molecule has 1 aliphatic heterocycles.